The normalized spacial score (nSPS) is 16.4. The van der Waals surface area contributed by atoms with Crippen LogP contribution in [0.1, 0.15) is 30.9 Å². The molecule has 24 heavy (non-hydrogen) atoms. The predicted molar refractivity (Wildman–Crippen MR) is 102 cm³/mol. The number of anilines is 1. The van der Waals surface area contributed by atoms with Crippen molar-refractivity contribution in [3.63, 3.8) is 0 Å². The number of hydrogen-bond donors (Lipinski definition) is 1. The van der Waals surface area contributed by atoms with Gasteiger partial charge in [-0.2, -0.15) is 0 Å². The second-order valence-electron chi connectivity index (χ2n) is 6.55. The van der Waals surface area contributed by atoms with E-state index < -0.39 is 0 Å². The van der Waals surface area contributed by atoms with Crippen LogP contribution in [0.25, 0.3) is 0 Å². The molecule has 1 saturated heterocycles. The third-order valence-electron chi connectivity index (χ3n) is 4.64. The highest BCUT2D eigenvalue weighted by atomic mass is 16.5. The zero-order valence-electron chi connectivity index (χ0n) is 15.8. The molecule has 1 fully saturated rings. The molecular weight excluding hydrogens is 300 g/mol. The molecule has 1 aromatic rings. The summed E-state index contributed by atoms with van der Waals surface area (Å²) >= 11 is 0. The minimum absolute atomic E-state index is 0.408. The Bertz CT molecular complexity index is 548. The van der Waals surface area contributed by atoms with Crippen LogP contribution in [-0.2, 0) is 11.3 Å². The van der Waals surface area contributed by atoms with Gasteiger partial charge in [-0.05, 0) is 49.9 Å². The lowest BCUT2D eigenvalue weighted by Crippen LogP contribution is -2.46. The molecule has 0 spiro atoms. The molecule has 0 amide bonds. The summed E-state index contributed by atoms with van der Waals surface area (Å²) in [5, 5.41) is 3.51. The van der Waals surface area contributed by atoms with Gasteiger partial charge >= 0.3 is 0 Å². The van der Waals surface area contributed by atoms with Gasteiger partial charge in [0.25, 0.3) is 0 Å². The molecule has 0 radical (unpaired) electrons. The first kappa shape index (κ1) is 18.6. The highest BCUT2D eigenvalue weighted by Gasteiger charge is 2.21. The lowest BCUT2D eigenvalue weighted by Gasteiger charge is -2.34. The summed E-state index contributed by atoms with van der Waals surface area (Å²) in [6, 6.07) is 6.60. The van der Waals surface area contributed by atoms with Crippen molar-refractivity contribution in [1.29, 1.82) is 0 Å². The maximum Gasteiger partial charge on any atom is 0.193 e. The summed E-state index contributed by atoms with van der Waals surface area (Å²) in [7, 11) is 6.00. The fourth-order valence-corrected chi connectivity index (χ4v) is 3.13. The number of aryl methyl sites for hydroxylation is 1. The molecular formula is C19H32N4O. The van der Waals surface area contributed by atoms with Crippen LogP contribution in [0.5, 0.6) is 0 Å². The second kappa shape index (κ2) is 8.92. The van der Waals surface area contributed by atoms with Crippen LogP contribution in [0.15, 0.2) is 23.2 Å². The van der Waals surface area contributed by atoms with Crippen molar-refractivity contribution in [1.82, 2.24) is 10.2 Å². The van der Waals surface area contributed by atoms with Crippen molar-refractivity contribution in [2.24, 2.45) is 4.99 Å². The van der Waals surface area contributed by atoms with E-state index in [0.29, 0.717) is 6.10 Å². The molecule has 1 heterocycles. The SMILES string of the molecule is CCOC1CCN(C(=NC)NCc2ccc(N(C)C)cc2C)CC1. The molecule has 0 aliphatic carbocycles. The summed E-state index contributed by atoms with van der Waals surface area (Å²) in [6.45, 7) is 7.85. The molecule has 1 aliphatic heterocycles. The molecule has 2 rings (SSSR count). The Labute approximate surface area is 146 Å². The largest absolute Gasteiger partial charge is 0.378 e. The molecule has 0 unspecified atom stereocenters. The van der Waals surface area contributed by atoms with Crippen LogP contribution >= 0.6 is 0 Å². The quantitative estimate of drug-likeness (QED) is 0.665. The standard InChI is InChI=1S/C19H32N4O/c1-6-24-18-9-11-23(12-10-18)19(20-3)21-14-16-7-8-17(22(4)5)13-15(16)2/h7-8,13,18H,6,9-12,14H2,1-5H3,(H,20,21). The van der Waals surface area contributed by atoms with Gasteiger partial charge in [0.05, 0.1) is 6.10 Å². The van der Waals surface area contributed by atoms with Crippen LogP contribution in [0.4, 0.5) is 5.69 Å². The Kier molecular flexibility index (Phi) is 6.91. The van der Waals surface area contributed by atoms with E-state index in [0.717, 1.165) is 45.0 Å². The summed E-state index contributed by atoms with van der Waals surface area (Å²) in [5.41, 5.74) is 3.85. The number of hydrogen-bond acceptors (Lipinski definition) is 3. The lowest BCUT2D eigenvalue weighted by atomic mass is 10.1. The van der Waals surface area contributed by atoms with Crippen molar-refractivity contribution in [3.8, 4) is 0 Å². The Morgan fingerprint density at radius 2 is 2.04 bits per heavy atom. The third-order valence-corrected chi connectivity index (χ3v) is 4.64. The van der Waals surface area contributed by atoms with Gasteiger partial charge < -0.3 is 19.9 Å². The number of benzene rings is 1. The first-order chi connectivity index (χ1) is 11.5. The van der Waals surface area contributed by atoms with Crippen LogP contribution in [-0.4, -0.2) is 57.8 Å². The van der Waals surface area contributed by atoms with Crippen molar-refractivity contribution in [2.45, 2.75) is 39.3 Å². The van der Waals surface area contributed by atoms with Crippen molar-refractivity contribution < 1.29 is 4.74 Å². The summed E-state index contributed by atoms with van der Waals surface area (Å²) in [4.78, 5) is 8.92. The molecule has 134 valence electrons. The number of likely N-dealkylation sites (tertiary alicyclic amines) is 1. The van der Waals surface area contributed by atoms with Crippen LogP contribution in [0.2, 0.25) is 0 Å². The van der Waals surface area contributed by atoms with Crippen LogP contribution in [0.3, 0.4) is 0 Å². The van der Waals surface area contributed by atoms with E-state index in [-0.39, 0.29) is 0 Å². The molecule has 0 aromatic heterocycles. The fraction of sp³-hybridized carbons (Fsp3) is 0.632. The first-order valence-electron chi connectivity index (χ1n) is 8.89. The maximum absolute atomic E-state index is 5.73. The monoisotopic (exact) mass is 332 g/mol. The number of piperidine rings is 1. The number of aliphatic imine (C=N–C) groups is 1. The van der Waals surface area contributed by atoms with Crippen molar-refractivity contribution in [3.05, 3.63) is 29.3 Å². The van der Waals surface area contributed by atoms with Crippen LogP contribution < -0.4 is 10.2 Å². The minimum atomic E-state index is 0.408. The molecule has 1 N–H and O–H groups in total. The van der Waals surface area contributed by atoms with Crippen LogP contribution in [0, 0.1) is 6.92 Å². The molecule has 5 heteroatoms. The van der Waals surface area contributed by atoms with Crippen molar-refractivity contribution in [2.75, 3.05) is 45.7 Å². The van der Waals surface area contributed by atoms with Gasteiger partial charge in [-0.3, -0.25) is 4.99 Å². The van der Waals surface area contributed by atoms with E-state index >= 15 is 0 Å². The summed E-state index contributed by atoms with van der Waals surface area (Å²) in [6.07, 6.45) is 2.56. The fourth-order valence-electron chi connectivity index (χ4n) is 3.13. The number of ether oxygens (including phenoxy) is 1. The van der Waals surface area contributed by atoms with E-state index in [1.54, 1.807) is 0 Å². The van der Waals surface area contributed by atoms with Gasteiger partial charge in [0.15, 0.2) is 5.96 Å². The Morgan fingerprint density at radius 3 is 2.58 bits per heavy atom. The van der Waals surface area contributed by atoms with Gasteiger partial charge in [-0.1, -0.05) is 6.07 Å². The minimum Gasteiger partial charge on any atom is -0.378 e. The maximum atomic E-state index is 5.73. The molecule has 1 aliphatic rings. The molecule has 5 nitrogen and oxygen atoms in total. The highest BCUT2D eigenvalue weighted by molar-refractivity contribution is 5.80. The Morgan fingerprint density at radius 1 is 1.33 bits per heavy atom. The highest BCUT2D eigenvalue weighted by Crippen LogP contribution is 2.18. The molecule has 0 atom stereocenters. The zero-order chi connectivity index (χ0) is 17.5. The Hall–Kier alpha value is -1.75. The number of rotatable bonds is 5. The number of nitrogens with zero attached hydrogens (tertiary/aromatic N) is 3. The number of nitrogens with one attached hydrogen (secondary N) is 1. The third kappa shape index (κ3) is 4.87. The van der Waals surface area contributed by atoms with Gasteiger partial charge in [0.2, 0.25) is 0 Å². The topological polar surface area (TPSA) is 40.1 Å². The van der Waals surface area contributed by atoms with E-state index in [9.17, 15) is 0 Å². The van der Waals surface area contributed by atoms with E-state index in [1.807, 2.05) is 7.05 Å². The van der Waals surface area contributed by atoms with E-state index in [4.69, 9.17) is 4.74 Å². The number of guanidine groups is 1. The van der Waals surface area contributed by atoms with Gasteiger partial charge in [-0.25, -0.2) is 0 Å². The molecule has 0 bridgehead atoms. The second-order valence-corrected chi connectivity index (χ2v) is 6.55. The first-order valence-corrected chi connectivity index (χ1v) is 8.89. The zero-order valence-corrected chi connectivity index (χ0v) is 15.8. The van der Waals surface area contributed by atoms with E-state index in [1.165, 1.54) is 16.8 Å². The summed E-state index contributed by atoms with van der Waals surface area (Å²) < 4.78 is 5.73. The lowest BCUT2D eigenvalue weighted by molar-refractivity contribution is 0.0263. The molecule has 0 saturated carbocycles. The van der Waals surface area contributed by atoms with Gasteiger partial charge in [-0.15, -0.1) is 0 Å². The van der Waals surface area contributed by atoms with Gasteiger partial charge in [0, 0.05) is 53.1 Å². The van der Waals surface area contributed by atoms with E-state index in [2.05, 4.69) is 66.3 Å². The smallest absolute Gasteiger partial charge is 0.193 e. The average molecular weight is 332 g/mol. The van der Waals surface area contributed by atoms with Gasteiger partial charge in [0.1, 0.15) is 0 Å². The van der Waals surface area contributed by atoms with Crippen molar-refractivity contribution >= 4 is 11.6 Å². The Balaban J connectivity index is 1.90. The molecule has 1 aromatic carbocycles. The predicted octanol–water partition coefficient (Wildman–Crippen LogP) is 2.64. The summed E-state index contributed by atoms with van der Waals surface area (Å²) in [5.74, 6) is 0.987. The average Bonchev–Trinajstić information content (AvgIpc) is 2.58.